The van der Waals surface area contributed by atoms with Crippen LogP contribution in [-0.4, -0.2) is 39.3 Å². The van der Waals surface area contributed by atoms with E-state index in [0.29, 0.717) is 34.7 Å². The highest BCUT2D eigenvalue weighted by Crippen LogP contribution is 2.20. The first-order valence-electron chi connectivity index (χ1n) is 9.30. The van der Waals surface area contributed by atoms with Gasteiger partial charge in [-0.2, -0.15) is 0 Å². The lowest BCUT2D eigenvalue weighted by Crippen LogP contribution is -2.28. The average Bonchev–Trinajstić information content (AvgIpc) is 3.21. The Balaban J connectivity index is 1.58. The van der Waals surface area contributed by atoms with E-state index in [4.69, 9.17) is 0 Å². The molecule has 0 aliphatic heterocycles. The molecule has 0 bridgehead atoms. The molecule has 0 fully saturated rings. The number of nitrogens with zero attached hydrogens (tertiary/aromatic N) is 2. The zero-order valence-electron chi connectivity index (χ0n) is 16.3. The maximum Gasteiger partial charge on any atom is 0.253 e. The second-order valence-corrected chi connectivity index (χ2v) is 7.76. The van der Waals surface area contributed by atoms with E-state index in [1.165, 1.54) is 11.8 Å². The van der Waals surface area contributed by atoms with Gasteiger partial charge in [-0.1, -0.05) is 68.1 Å². The summed E-state index contributed by atoms with van der Waals surface area (Å²) in [7, 11) is 0. The number of hydrogen-bond acceptors (Lipinski definition) is 5. The van der Waals surface area contributed by atoms with Crippen molar-refractivity contribution in [3.8, 4) is 11.4 Å². The monoisotopic (exact) mass is 409 g/mol. The Bertz CT molecular complexity index is 972. The summed E-state index contributed by atoms with van der Waals surface area (Å²) in [5.41, 5.74) is 1.85. The van der Waals surface area contributed by atoms with Gasteiger partial charge in [-0.15, -0.1) is 5.10 Å². The number of amides is 2. The minimum absolute atomic E-state index is 0.133. The number of aromatic nitrogens is 3. The molecule has 0 saturated heterocycles. The molecule has 0 aliphatic carbocycles. The van der Waals surface area contributed by atoms with E-state index in [9.17, 15) is 9.59 Å². The molecule has 3 rings (SSSR count). The van der Waals surface area contributed by atoms with Crippen LogP contribution < -0.4 is 10.6 Å². The fourth-order valence-electron chi connectivity index (χ4n) is 2.53. The molecule has 29 heavy (non-hydrogen) atoms. The van der Waals surface area contributed by atoms with Gasteiger partial charge in [0.1, 0.15) is 0 Å². The van der Waals surface area contributed by atoms with Crippen molar-refractivity contribution in [1.82, 2.24) is 20.5 Å². The second-order valence-electron chi connectivity index (χ2n) is 6.82. The van der Waals surface area contributed by atoms with Crippen LogP contribution in [0.15, 0.2) is 59.8 Å². The lowest BCUT2D eigenvalue weighted by atomic mass is 10.1. The van der Waals surface area contributed by atoms with Gasteiger partial charge in [0, 0.05) is 12.1 Å². The van der Waals surface area contributed by atoms with Crippen molar-refractivity contribution in [3.63, 3.8) is 0 Å². The molecular formula is C21H23N5O2S. The zero-order chi connectivity index (χ0) is 20.6. The highest BCUT2D eigenvalue weighted by Gasteiger charge is 2.14. The van der Waals surface area contributed by atoms with Crippen LogP contribution in [0, 0.1) is 5.92 Å². The molecule has 0 spiro atoms. The number of rotatable bonds is 8. The molecule has 3 aromatic rings. The summed E-state index contributed by atoms with van der Waals surface area (Å²) in [5, 5.41) is 13.2. The van der Waals surface area contributed by atoms with E-state index in [0.717, 1.165) is 5.56 Å². The minimum atomic E-state index is -0.231. The predicted molar refractivity (Wildman–Crippen MR) is 115 cm³/mol. The second kappa shape index (κ2) is 9.88. The Morgan fingerprint density at radius 1 is 1.07 bits per heavy atom. The van der Waals surface area contributed by atoms with Gasteiger partial charge in [0.15, 0.2) is 5.82 Å². The third-order valence-corrected chi connectivity index (χ3v) is 4.81. The Kier molecular flexibility index (Phi) is 7.02. The summed E-state index contributed by atoms with van der Waals surface area (Å²) >= 11 is 1.23. The molecule has 0 saturated carbocycles. The van der Waals surface area contributed by atoms with E-state index in [-0.39, 0.29) is 17.6 Å². The average molecular weight is 410 g/mol. The van der Waals surface area contributed by atoms with Gasteiger partial charge in [-0.05, 0) is 18.1 Å². The van der Waals surface area contributed by atoms with Gasteiger partial charge < -0.3 is 10.6 Å². The summed E-state index contributed by atoms with van der Waals surface area (Å²) < 4.78 is 0. The number of H-pyrrole nitrogens is 1. The molecule has 0 atom stereocenters. The third kappa shape index (κ3) is 5.92. The van der Waals surface area contributed by atoms with E-state index in [2.05, 4.69) is 25.8 Å². The van der Waals surface area contributed by atoms with E-state index < -0.39 is 0 Å². The van der Waals surface area contributed by atoms with Gasteiger partial charge in [-0.3, -0.25) is 14.7 Å². The fourth-order valence-corrected chi connectivity index (χ4v) is 3.13. The van der Waals surface area contributed by atoms with Gasteiger partial charge in [-0.25, -0.2) is 4.98 Å². The van der Waals surface area contributed by atoms with Crippen molar-refractivity contribution in [2.24, 2.45) is 5.92 Å². The molecule has 2 amide bonds. The Labute approximate surface area is 173 Å². The van der Waals surface area contributed by atoms with Crippen molar-refractivity contribution in [1.29, 1.82) is 0 Å². The van der Waals surface area contributed by atoms with Crippen LogP contribution in [0.2, 0.25) is 0 Å². The first-order chi connectivity index (χ1) is 14.0. The van der Waals surface area contributed by atoms with Crippen LogP contribution >= 0.6 is 11.8 Å². The summed E-state index contributed by atoms with van der Waals surface area (Å²) in [5.74, 6) is 0.697. The molecule has 0 aliphatic rings. The molecule has 0 radical (unpaired) electrons. The molecular weight excluding hydrogens is 386 g/mol. The van der Waals surface area contributed by atoms with Crippen molar-refractivity contribution in [2.75, 3.05) is 17.6 Å². The fraction of sp³-hybridized carbons (Fsp3) is 0.238. The number of anilines is 1. The highest BCUT2D eigenvalue weighted by atomic mass is 32.2. The van der Waals surface area contributed by atoms with Gasteiger partial charge in [0.25, 0.3) is 5.91 Å². The van der Waals surface area contributed by atoms with E-state index in [1.807, 2.05) is 44.2 Å². The summed E-state index contributed by atoms with van der Waals surface area (Å²) in [6.07, 6.45) is 0. The zero-order valence-corrected chi connectivity index (χ0v) is 17.1. The maximum atomic E-state index is 12.4. The SMILES string of the molecule is CC(C)CNC(=O)c1ccccc1NC(=O)CSc1n[nH]c(-c2ccccc2)n1. The number of para-hydroxylation sites is 1. The molecule has 2 aromatic carbocycles. The molecule has 1 aromatic heterocycles. The number of nitrogens with one attached hydrogen (secondary N) is 3. The Morgan fingerprint density at radius 2 is 1.79 bits per heavy atom. The first kappa shape index (κ1) is 20.6. The topological polar surface area (TPSA) is 99.8 Å². The molecule has 3 N–H and O–H groups in total. The lowest BCUT2D eigenvalue weighted by Gasteiger charge is -2.12. The standard InChI is InChI=1S/C21H23N5O2S/c1-14(2)12-22-20(28)16-10-6-7-11-17(16)23-18(27)13-29-21-24-19(25-26-21)15-8-4-3-5-9-15/h3-11,14H,12-13H2,1-2H3,(H,22,28)(H,23,27)(H,24,25,26). The summed E-state index contributed by atoms with van der Waals surface area (Å²) in [6.45, 7) is 4.63. The van der Waals surface area contributed by atoms with E-state index in [1.54, 1.807) is 24.3 Å². The van der Waals surface area contributed by atoms with Gasteiger partial charge in [0.2, 0.25) is 11.1 Å². The lowest BCUT2D eigenvalue weighted by molar-refractivity contribution is -0.113. The Morgan fingerprint density at radius 3 is 2.55 bits per heavy atom. The number of benzene rings is 2. The maximum absolute atomic E-state index is 12.4. The van der Waals surface area contributed by atoms with Crippen LogP contribution in [0.4, 0.5) is 5.69 Å². The summed E-state index contributed by atoms with van der Waals surface area (Å²) in [4.78, 5) is 29.1. The Hall–Kier alpha value is -3.13. The van der Waals surface area contributed by atoms with Crippen molar-refractivity contribution < 1.29 is 9.59 Å². The highest BCUT2D eigenvalue weighted by molar-refractivity contribution is 7.99. The molecule has 7 nitrogen and oxygen atoms in total. The normalized spacial score (nSPS) is 10.7. The van der Waals surface area contributed by atoms with Crippen LogP contribution in [-0.2, 0) is 4.79 Å². The number of aromatic amines is 1. The van der Waals surface area contributed by atoms with Gasteiger partial charge in [0.05, 0.1) is 17.0 Å². The number of thioether (sulfide) groups is 1. The number of carbonyl (C=O) groups is 2. The number of hydrogen-bond donors (Lipinski definition) is 3. The van der Waals surface area contributed by atoms with Crippen LogP contribution in [0.3, 0.4) is 0 Å². The third-order valence-electron chi connectivity index (χ3n) is 3.96. The molecule has 0 unspecified atom stereocenters. The summed E-state index contributed by atoms with van der Waals surface area (Å²) in [6, 6.07) is 16.6. The van der Waals surface area contributed by atoms with Crippen LogP contribution in [0.5, 0.6) is 0 Å². The molecule has 8 heteroatoms. The minimum Gasteiger partial charge on any atom is -0.352 e. The van der Waals surface area contributed by atoms with Gasteiger partial charge >= 0.3 is 0 Å². The van der Waals surface area contributed by atoms with Crippen LogP contribution in [0.1, 0.15) is 24.2 Å². The quantitative estimate of drug-likeness (QED) is 0.494. The van der Waals surface area contributed by atoms with Crippen molar-refractivity contribution >= 4 is 29.3 Å². The largest absolute Gasteiger partial charge is 0.352 e. The number of carbonyl (C=O) groups excluding carboxylic acids is 2. The first-order valence-corrected chi connectivity index (χ1v) is 10.3. The smallest absolute Gasteiger partial charge is 0.253 e. The molecule has 1 heterocycles. The van der Waals surface area contributed by atoms with Crippen LogP contribution in [0.25, 0.3) is 11.4 Å². The predicted octanol–water partition coefficient (Wildman–Crippen LogP) is 3.59. The van der Waals surface area contributed by atoms with Crippen molar-refractivity contribution in [3.05, 3.63) is 60.2 Å². The molecule has 150 valence electrons. The van der Waals surface area contributed by atoms with Crippen molar-refractivity contribution in [2.45, 2.75) is 19.0 Å². The van der Waals surface area contributed by atoms with E-state index >= 15 is 0 Å².